The maximum absolute atomic E-state index is 13.0. The number of anilines is 1. The fourth-order valence-electron chi connectivity index (χ4n) is 3.83. The highest BCUT2D eigenvalue weighted by Gasteiger charge is 2.20. The van der Waals surface area contributed by atoms with Crippen LogP contribution >= 0.6 is 34.5 Å². The van der Waals surface area contributed by atoms with Crippen molar-refractivity contribution < 1.29 is 9.59 Å². The molecule has 2 heterocycles. The quantitative estimate of drug-likeness (QED) is 0.560. The molecule has 2 amide bonds. The van der Waals surface area contributed by atoms with E-state index in [0.717, 1.165) is 36.1 Å². The normalized spacial score (nSPS) is 13.1. The molecule has 7 nitrogen and oxygen atoms in total. The maximum Gasteiger partial charge on any atom is 0.262 e. The van der Waals surface area contributed by atoms with E-state index in [1.54, 1.807) is 36.6 Å². The number of halogens is 2. The molecule has 0 radical (unpaired) electrons. The van der Waals surface area contributed by atoms with Crippen LogP contribution in [0.1, 0.15) is 29.7 Å². The molecule has 10 heteroatoms. The lowest BCUT2D eigenvalue weighted by Gasteiger charge is -2.17. The lowest BCUT2D eigenvalue weighted by atomic mass is 9.97. The molecule has 2 aromatic heterocycles. The number of carbonyl (C=O) groups excluding carboxylic acids is 2. The van der Waals surface area contributed by atoms with E-state index < -0.39 is 0 Å². The topological polar surface area (TPSA) is 84.3 Å². The van der Waals surface area contributed by atoms with Crippen LogP contribution in [0.4, 0.5) is 5.69 Å². The molecule has 1 N–H and O–H groups in total. The molecule has 1 aliphatic carbocycles. The number of nitrogens with one attached hydrogen (secondary N) is 1. The molecule has 0 fully saturated rings. The number of hydrogen-bond donors (Lipinski definition) is 1. The zero-order valence-corrected chi connectivity index (χ0v) is 19.8. The SMILES string of the molecule is CN(CC(=O)Nc1ccc(Cl)c(Cl)c1)C(=O)CCn1cnc2sc3c(c2c1=O)CCCC3. The summed E-state index contributed by atoms with van der Waals surface area (Å²) in [7, 11) is 1.55. The molecule has 0 saturated heterocycles. The zero-order chi connectivity index (χ0) is 22.8. The minimum atomic E-state index is -0.357. The molecule has 1 aromatic carbocycles. The van der Waals surface area contributed by atoms with E-state index in [-0.39, 0.29) is 36.9 Å². The van der Waals surface area contributed by atoms with Crippen molar-refractivity contribution >= 4 is 62.3 Å². The first kappa shape index (κ1) is 22.8. The summed E-state index contributed by atoms with van der Waals surface area (Å²) in [6, 6.07) is 4.76. The Labute approximate surface area is 199 Å². The molecular formula is C22H22Cl2N4O3S. The first-order valence-electron chi connectivity index (χ1n) is 10.3. The van der Waals surface area contributed by atoms with Gasteiger partial charge >= 0.3 is 0 Å². The van der Waals surface area contributed by atoms with Gasteiger partial charge < -0.3 is 10.2 Å². The number of thiophene rings is 1. The van der Waals surface area contributed by atoms with Gasteiger partial charge in [0.25, 0.3) is 5.56 Å². The second-order valence-corrected chi connectivity index (χ2v) is 9.71. The van der Waals surface area contributed by atoms with E-state index in [9.17, 15) is 14.4 Å². The standard InChI is InChI=1S/C22H22Cl2N4O3S/c1-27(11-18(29)26-13-6-7-15(23)16(24)10-13)19(30)8-9-28-12-25-21-20(22(28)31)14-4-2-3-5-17(14)32-21/h6-7,10,12H,2-5,8-9,11H2,1H3,(H,26,29). The Bertz CT molecular complexity index is 1250. The van der Waals surface area contributed by atoms with Gasteiger partial charge in [-0.05, 0) is 49.4 Å². The number of fused-ring (bicyclic) bond motifs is 3. The Morgan fingerprint density at radius 2 is 2.00 bits per heavy atom. The summed E-state index contributed by atoms with van der Waals surface area (Å²) < 4.78 is 1.49. The third kappa shape index (κ3) is 4.82. The zero-order valence-electron chi connectivity index (χ0n) is 17.5. The van der Waals surface area contributed by atoms with Gasteiger partial charge in [0, 0.05) is 30.6 Å². The molecule has 0 bridgehead atoms. The van der Waals surface area contributed by atoms with Crippen molar-refractivity contribution in [3.63, 3.8) is 0 Å². The van der Waals surface area contributed by atoms with E-state index in [1.807, 2.05) is 0 Å². The summed E-state index contributed by atoms with van der Waals surface area (Å²) in [5.41, 5.74) is 1.53. The molecular weight excluding hydrogens is 471 g/mol. The summed E-state index contributed by atoms with van der Waals surface area (Å²) in [6.07, 6.45) is 5.75. The Hall–Kier alpha value is -2.42. The van der Waals surface area contributed by atoms with Gasteiger partial charge in [0.1, 0.15) is 4.83 Å². The first-order valence-corrected chi connectivity index (χ1v) is 11.9. The number of aromatic nitrogens is 2. The lowest BCUT2D eigenvalue weighted by molar-refractivity contribution is -0.133. The van der Waals surface area contributed by atoms with Crippen LogP contribution in [0.15, 0.2) is 29.3 Å². The second-order valence-electron chi connectivity index (χ2n) is 7.81. The summed E-state index contributed by atoms with van der Waals surface area (Å²) in [6.45, 7) is 0.0906. The molecule has 168 valence electrons. The van der Waals surface area contributed by atoms with Crippen LogP contribution in [-0.2, 0) is 29.0 Å². The average molecular weight is 493 g/mol. The third-order valence-corrected chi connectivity index (χ3v) is 7.46. The summed E-state index contributed by atoms with van der Waals surface area (Å²) in [4.78, 5) is 45.6. The van der Waals surface area contributed by atoms with E-state index in [0.29, 0.717) is 21.1 Å². The maximum atomic E-state index is 13.0. The molecule has 0 atom stereocenters. The van der Waals surface area contributed by atoms with Gasteiger partial charge in [0.2, 0.25) is 11.8 Å². The summed E-state index contributed by atoms with van der Waals surface area (Å²) in [5, 5.41) is 4.11. The molecule has 0 aliphatic heterocycles. The third-order valence-electron chi connectivity index (χ3n) is 5.52. The lowest BCUT2D eigenvalue weighted by Crippen LogP contribution is -2.35. The number of likely N-dealkylation sites (N-methyl/N-ethyl adjacent to an activating group) is 1. The summed E-state index contributed by atoms with van der Waals surface area (Å²) >= 11 is 13.4. The van der Waals surface area contributed by atoms with Crippen LogP contribution in [0, 0.1) is 0 Å². The molecule has 1 aliphatic rings. The van der Waals surface area contributed by atoms with E-state index >= 15 is 0 Å². The number of hydrogen-bond acceptors (Lipinski definition) is 5. The Morgan fingerprint density at radius 1 is 1.22 bits per heavy atom. The second kappa shape index (κ2) is 9.60. The number of nitrogens with zero attached hydrogens (tertiary/aromatic N) is 3. The van der Waals surface area contributed by atoms with Gasteiger partial charge in [-0.15, -0.1) is 11.3 Å². The Morgan fingerprint density at radius 3 is 2.78 bits per heavy atom. The molecule has 4 rings (SSSR count). The van der Waals surface area contributed by atoms with Crippen LogP contribution in [0.5, 0.6) is 0 Å². The number of carbonyl (C=O) groups is 2. The minimum Gasteiger partial charge on any atom is -0.336 e. The van der Waals surface area contributed by atoms with E-state index in [4.69, 9.17) is 23.2 Å². The highest BCUT2D eigenvalue weighted by atomic mass is 35.5. The van der Waals surface area contributed by atoms with Crippen LogP contribution in [0.2, 0.25) is 10.0 Å². The Balaban J connectivity index is 1.37. The molecule has 0 unspecified atom stereocenters. The van der Waals surface area contributed by atoms with Gasteiger partial charge in [0.05, 0.1) is 28.3 Å². The van der Waals surface area contributed by atoms with Gasteiger partial charge in [-0.25, -0.2) is 4.98 Å². The number of rotatable bonds is 6. The van der Waals surface area contributed by atoms with Gasteiger partial charge in [-0.3, -0.25) is 19.0 Å². The van der Waals surface area contributed by atoms with Crippen molar-refractivity contribution in [1.29, 1.82) is 0 Å². The fraction of sp³-hybridized carbons (Fsp3) is 0.364. The number of aryl methyl sites for hydroxylation is 3. The number of amides is 2. The minimum absolute atomic E-state index is 0.0932. The molecule has 0 spiro atoms. The highest BCUT2D eigenvalue weighted by molar-refractivity contribution is 7.18. The molecule has 32 heavy (non-hydrogen) atoms. The van der Waals surface area contributed by atoms with Crippen molar-refractivity contribution in [3.8, 4) is 0 Å². The highest BCUT2D eigenvalue weighted by Crippen LogP contribution is 2.33. The van der Waals surface area contributed by atoms with Gasteiger partial charge in [0.15, 0.2) is 0 Å². The van der Waals surface area contributed by atoms with Crippen molar-refractivity contribution in [3.05, 3.63) is 55.4 Å². The van der Waals surface area contributed by atoms with Crippen LogP contribution in [0.3, 0.4) is 0 Å². The number of benzene rings is 1. The molecule has 0 saturated carbocycles. The van der Waals surface area contributed by atoms with E-state index in [2.05, 4.69) is 10.3 Å². The molecule has 3 aromatic rings. The summed E-state index contributed by atoms with van der Waals surface area (Å²) in [5.74, 6) is -0.599. The monoisotopic (exact) mass is 492 g/mol. The van der Waals surface area contributed by atoms with Crippen molar-refractivity contribution in [2.75, 3.05) is 18.9 Å². The van der Waals surface area contributed by atoms with Gasteiger partial charge in [-0.1, -0.05) is 23.2 Å². The predicted molar refractivity (Wildman–Crippen MR) is 128 cm³/mol. The van der Waals surface area contributed by atoms with Crippen LogP contribution < -0.4 is 10.9 Å². The predicted octanol–water partition coefficient (Wildman–Crippen LogP) is 4.13. The average Bonchev–Trinajstić information content (AvgIpc) is 3.15. The Kier molecular flexibility index (Phi) is 6.83. The van der Waals surface area contributed by atoms with Crippen LogP contribution in [-0.4, -0.2) is 39.9 Å². The smallest absolute Gasteiger partial charge is 0.262 e. The van der Waals surface area contributed by atoms with Crippen molar-refractivity contribution in [2.45, 2.75) is 38.6 Å². The fourth-order valence-corrected chi connectivity index (χ4v) is 5.34. The van der Waals surface area contributed by atoms with Crippen molar-refractivity contribution in [2.24, 2.45) is 0 Å². The van der Waals surface area contributed by atoms with E-state index in [1.165, 1.54) is 20.7 Å². The van der Waals surface area contributed by atoms with Crippen LogP contribution in [0.25, 0.3) is 10.2 Å². The van der Waals surface area contributed by atoms with Crippen molar-refractivity contribution in [1.82, 2.24) is 14.5 Å². The largest absolute Gasteiger partial charge is 0.336 e. The first-order chi connectivity index (χ1) is 15.3. The van der Waals surface area contributed by atoms with Gasteiger partial charge in [-0.2, -0.15) is 0 Å².